The van der Waals surface area contributed by atoms with Crippen LogP contribution in [0.2, 0.25) is 0 Å². The summed E-state index contributed by atoms with van der Waals surface area (Å²) in [6.45, 7) is 49.7. The van der Waals surface area contributed by atoms with Crippen LogP contribution in [0.5, 0.6) is 0 Å². The molecule has 0 aromatic rings. The predicted octanol–water partition coefficient (Wildman–Crippen LogP) is 29.1. The lowest BCUT2D eigenvalue weighted by Crippen LogP contribution is -2.40. The largest absolute Gasteiger partial charge is 0.320 e. The van der Waals surface area contributed by atoms with Crippen molar-refractivity contribution in [2.45, 2.75) is 460 Å². The summed E-state index contributed by atoms with van der Waals surface area (Å²) in [4.78, 5) is 2.66. The molecule has 3 unspecified atom stereocenters. The van der Waals surface area contributed by atoms with E-state index >= 15 is 0 Å². The third-order valence-electron chi connectivity index (χ3n) is 15.1. The number of likely N-dealkylation sites (tertiary alicyclic amines) is 1. The Morgan fingerprint density at radius 2 is 0.564 bits per heavy atom. The maximum Gasteiger partial charge on any atom is 0.00644 e. The van der Waals surface area contributed by atoms with Gasteiger partial charge in [-0.3, -0.25) is 0 Å². The summed E-state index contributed by atoms with van der Waals surface area (Å²) in [7, 11) is 2.02. The van der Waals surface area contributed by atoms with Gasteiger partial charge in [-0.2, -0.15) is 0 Å². The summed E-state index contributed by atoms with van der Waals surface area (Å²) in [5.74, 6) is 1.95. The van der Waals surface area contributed by atoms with E-state index in [1.54, 1.807) is 0 Å². The van der Waals surface area contributed by atoms with Crippen molar-refractivity contribution in [2.75, 3.05) is 26.7 Å². The lowest BCUT2D eigenvalue weighted by molar-refractivity contribution is 0.127. The fourth-order valence-corrected chi connectivity index (χ4v) is 9.48. The molecule has 0 spiro atoms. The van der Waals surface area contributed by atoms with E-state index in [4.69, 9.17) is 0 Å². The second-order valence-corrected chi connectivity index (χ2v) is 22.6. The van der Waals surface area contributed by atoms with Gasteiger partial charge in [0.1, 0.15) is 0 Å². The van der Waals surface area contributed by atoms with Crippen molar-refractivity contribution >= 4 is 0 Å². The van der Waals surface area contributed by atoms with Crippen molar-refractivity contribution in [3.8, 4) is 0 Å². The fourth-order valence-electron chi connectivity index (χ4n) is 9.48. The molecule has 1 saturated heterocycles. The van der Waals surface area contributed by atoms with Crippen LogP contribution in [0.25, 0.3) is 0 Å². The highest BCUT2D eigenvalue weighted by Gasteiger charge is 2.21. The van der Waals surface area contributed by atoms with E-state index in [1.165, 1.54) is 328 Å². The van der Waals surface area contributed by atoms with Gasteiger partial charge in [-0.15, -0.1) is 0 Å². The minimum absolute atomic E-state index is 0.805. The first kappa shape index (κ1) is 97.1. The molecule has 1 aliphatic rings. The summed E-state index contributed by atoms with van der Waals surface area (Å²) in [5.41, 5.74) is 0. The van der Waals surface area contributed by atoms with Gasteiger partial charge < -0.3 is 10.2 Å². The van der Waals surface area contributed by atoms with Gasteiger partial charge in [-0.1, -0.05) is 421 Å². The molecule has 0 aliphatic carbocycles. The molecule has 78 heavy (non-hydrogen) atoms. The number of hydrogen-bond donors (Lipinski definition) is 1. The lowest BCUT2D eigenvalue weighted by Gasteiger charge is -2.36. The average Bonchev–Trinajstić information content (AvgIpc) is 3.49. The number of rotatable bonds is 45. The first-order chi connectivity index (χ1) is 38.2. The summed E-state index contributed by atoms with van der Waals surface area (Å²) in [6, 6.07) is 0.805. The molecule has 1 fully saturated rings. The number of unbranched alkanes of at least 4 members (excludes halogenated alkanes) is 36. The summed E-state index contributed by atoms with van der Waals surface area (Å²) < 4.78 is 0. The molecule has 2 heteroatoms. The standard InChI is InChI=1S/2C15H32.C11H23N.C10H23N.C10H22.C7H16.4C2H6/c1-4-6-8-10-12-14-15(3)13-11-9-7-5-2;1-3-5-7-9-11-13-15-14-12-10-8-6-4-2;1-4-10(3)12-8-6-7-11(5-2)9-12;1-3-4-5-6-7-8-9-10-11-2;1-3-5-7-9-10-8-6-4-2;1-3-5-7-6-4-2;4*1-2/h15H,4-14H2,1-3H3;3-15H2,1-2H3;10-11H,4-9H2,1-3H3;11H,3-10H2,1-2H3;3-10H2,1-2H3;3-7H2,1-2H3;4*1-2H3. The van der Waals surface area contributed by atoms with E-state index in [2.05, 4.69) is 100 Å². The Labute approximate surface area is 505 Å². The molecular weight excluding hydrogens is 941 g/mol. The fraction of sp³-hybridized carbons (Fsp3) is 1.00. The molecule has 0 aromatic heterocycles. The maximum absolute atomic E-state index is 3.17. The number of piperidine rings is 1. The van der Waals surface area contributed by atoms with Gasteiger partial charge in [0.05, 0.1) is 0 Å². The zero-order chi connectivity index (χ0) is 61.1. The quantitative estimate of drug-likeness (QED) is 0.0612. The Kier molecular flexibility index (Phi) is 135. The zero-order valence-electron chi connectivity index (χ0n) is 60.7. The highest BCUT2D eigenvalue weighted by Crippen LogP contribution is 2.22. The van der Waals surface area contributed by atoms with Gasteiger partial charge in [0.25, 0.3) is 0 Å². The van der Waals surface area contributed by atoms with Crippen LogP contribution in [-0.2, 0) is 0 Å². The summed E-state index contributed by atoms with van der Waals surface area (Å²) >= 11 is 0. The van der Waals surface area contributed by atoms with E-state index in [9.17, 15) is 0 Å². The van der Waals surface area contributed by atoms with Gasteiger partial charge in [0, 0.05) is 12.6 Å². The van der Waals surface area contributed by atoms with E-state index in [0.717, 1.165) is 17.9 Å². The van der Waals surface area contributed by atoms with Crippen molar-refractivity contribution in [3.63, 3.8) is 0 Å². The number of hydrogen-bond acceptors (Lipinski definition) is 2. The Bertz CT molecular complexity index is 747. The molecule has 3 atom stereocenters. The third-order valence-corrected chi connectivity index (χ3v) is 15.1. The van der Waals surface area contributed by atoms with Crippen LogP contribution >= 0.6 is 0 Å². The molecule has 0 saturated carbocycles. The van der Waals surface area contributed by atoms with Gasteiger partial charge in [0.2, 0.25) is 0 Å². The Morgan fingerprint density at radius 3 is 0.808 bits per heavy atom. The molecule has 486 valence electrons. The summed E-state index contributed by atoms with van der Waals surface area (Å²) in [5, 5.41) is 3.17. The monoisotopic (exact) mass is 1110 g/mol. The molecule has 0 amide bonds. The van der Waals surface area contributed by atoms with Gasteiger partial charge in [-0.05, 0) is 64.6 Å². The van der Waals surface area contributed by atoms with E-state index in [-0.39, 0.29) is 0 Å². The second-order valence-electron chi connectivity index (χ2n) is 22.6. The molecular formula is C76H172N2. The molecule has 2 nitrogen and oxygen atoms in total. The van der Waals surface area contributed by atoms with Crippen molar-refractivity contribution < 1.29 is 0 Å². The Morgan fingerprint density at radius 1 is 0.333 bits per heavy atom. The zero-order valence-corrected chi connectivity index (χ0v) is 60.7. The van der Waals surface area contributed by atoms with Crippen LogP contribution in [0.4, 0.5) is 0 Å². The van der Waals surface area contributed by atoms with Crippen LogP contribution in [0, 0.1) is 11.8 Å². The van der Waals surface area contributed by atoms with Crippen molar-refractivity contribution in [1.82, 2.24) is 10.2 Å². The van der Waals surface area contributed by atoms with E-state index in [0.29, 0.717) is 0 Å². The highest BCUT2D eigenvalue weighted by atomic mass is 15.2. The third kappa shape index (κ3) is 111. The Hall–Kier alpha value is -0.0800. The Balaban J connectivity index is -0.000000103. The predicted molar refractivity (Wildman–Crippen MR) is 377 cm³/mol. The first-order valence-corrected chi connectivity index (χ1v) is 37.6. The van der Waals surface area contributed by atoms with Crippen molar-refractivity contribution in [2.24, 2.45) is 11.8 Å². The van der Waals surface area contributed by atoms with Crippen molar-refractivity contribution in [1.29, 1.82) is 0 Å². The van der Waals surface area contributed by atoms with Gasteiger partial charge >= 0.3 is 0 Å². The first-order valence-electron chi connectivity index (χ1n) is 37.6. The van der Waals surface area contributed by atoms with Crippen LogP contribution in [-0.4, -0.2) is 37.6 Å². The molecule has 1 N–H and O–H groups in total. The molecule has 0 bridgehead atoms. The normalized spacial score (nSPS) is 12.9. The van der Waals surface area contributed by atoms with E-state index < -0.39 is 0 Å². The minimum atomic E-state index is 0.805. The van der Waals surface area contributed by atoms with Crippen LogP contribution in [0.15, 0.2) is 0 Å². The van der Waals surface area contributed by atoms with Crippen LogP contribution in [0.1, 0.15) is 454 Å². The van der Waals surface area contributed by atoms with Gasteiger partial charge in [0.15, 0.2) is 0 Å². The number of nitrogens with zero attached hydrogens (tertiary/aromatic N) is 1. The average molecular weight is 1110 g/mol. The topological polar surface area (TPSA) is 15.3 Å². The lowest BCUT2D eigenvalue weighted by atomic mass is 9.94. The smallest absolute Gasteiger partial charge is 0.00644 e. The second kappa shape index (κ2) is 109. The molecule has 1 aliphatic heterocycles. The van der Waals surface area contributed by atoms with E-state index in [1.807, 2.05) is 62.4 Å². The SMILES string of the molecule is CC.CC.CC.CC.CCC1CCCN(C(C)CC)C1.CCCCCCC.CCCCCCCC(C)CCCCCC.CCCCCCCCCC.CCCCCCCCCCCCCCC.CCCCCCCCCNC. The molecule has 1 heterocycles. The number of nitrogens with one attached hydrogen (secondary N) is 1. The minimum Gasteiger partial charge on any atom is -0.320 e. The molecule has 0 radical (unpaired) electrons. The van der Waals surface area contributed by atoms with Crippen molar-refractivity contribution in [3.05, 3.63) is 0 Å². The highest BCUT2D eigenvalue weighted by molar-refractivity contribution is 4.75. The van der Waals surface area contributed by atoms with Crippen LogP contribution < -0.4 is 5.32 Å². The summed E-state index contributed by atoms with van der Waals surface area (Å²) in [6.07, 6.45) is 68.6. The van der Waals surface area contributed by atoms with Gasteiger partial charge in [-0.25, -0.2) is 0 Å². The van der Waals surface area contributed by atoms with Crippen LogP contribution in [0.3, 0.4) is 0 Å². The maximum atomic E-state index is 3.17. The molecule has 0 aromatic carbocycles. The molecule has 1 rings (SSSR count).